The lowest BCUT2D eigenvalue weighted by atomic mass is 9.85. The van der Waals surface area contributed by atoms with E-state index < -0.39 is 0 Å². The first-order chi connectivity index (χ1) is 8.45. The Morgan fingerprint density at radius 1 is 1.28 bits per heavy atom. The Kier molecular flexibility index (Phi) is 5.79. The summed E-state index contributed by atoms with van der Waals surface area (Å²) in [7, 11) is 0. The van der Waals surface area contributed by atoms with Gasteiger partial charge in [-0.15, -0.1) is 0 Å². The van der Waals surface area contributed by atoms with Crippen molar-refractivity contribution in [3.63, 3.8) is 0 Å². The number of nitrogens with two attached hydrogens (primary N) is 1. The second-order valence-corrected chi connectivity index (χ2v) is 5.70. The summed E-state index contributed by atoms with van der Waals surface area (Å²) in [6.07, 6.45) is 0. The van der Waals surface area contributed by atoms with Crippen molar-refractivity contribution in [2.45, 2.75) is 33.4 Å². The Balaban J connectivity index is 2.66. The third kappa shape index (κ3) is 4.77. The van der Waals surface area contributed by atoms with E-state index in [1.54, 1.807) is 0 Å². The maximum Gasteiger partial charge on any atom is 0.0558 e. The van der Waals surface area contributed by atoms with E-state index in [1.165, 1.54) is 5.56 Å². The van der Waals surface area contributed by atoms with Gasteiger partial charge in [-0.2, -0.15) is 0 Å². The maximum absolute atomic E-state index is 9.18. The molecule has 0 aromatic heterocycles. The van der Waals surface area contributed by atoms with E-state index in [9.17, 15) is 5.11 Å². The normalized spacial score (nSPS) is 13.9. The van der Waals surface area contributed by atoms with Crippen LogP contribution >= 0.6 is 0 Å². The molecule has 0 aliphatic rings. The van der Waals surface area contributed by atoms with Crippen LogP contribution in [0.5, 0.6) is 0 Å². The molecule has 0 aliphatic carbocycles. The number of aliphatic hydroxyl groups is 1. The van der Waals surface area contributed by atoms with Crippen molar-refractivity contribution in [3.8, 4) is 0 Å². The van der Waals surface area contributed by atoms with E-state index in [1.807, 2.05) is 25.1 Å². The van der Waals surface area contributed by atoms with Crippen LogP contribution in [0.4, 0.5) is 0 Å². The van der Waals surface area contributed by atoms with E-state index in [4.69, 9.17) is 5.73 Å². The summed E-state index contributed by atoms with van der Waals surface area (Å²) in [6.45, 7) is 9.00. The molecule has 3 nitrogen and oxygen atoms in total. The SMILES string of the molecule is CC(N)C(C)(C)CN(CCO)Cc1ccccc1. The van der Waals surface area contributed by atoms with Crippen molar-refractivity contribution in [1.29, 1.82) is 0 Å². The molecule has 1 unspecified atom stereocenters. The first-order valence-electron chi connectivity index (χ1n) is 6.58. The molecule has 3 heteroatoms. The molecular weight excluding hydrogens is 224 g/mol. The quantitative estimate of drug-likeness (QED) is 0.776. The molecule has 1 aromatic carbocycles. The van der Waals surface area contributed by atoms with E-state index in [2.05, 4.69) is 30.9 Å². The number of aliphatic hydroxyl groups excluding tert-OH is 1. The Hall–Kier alpha value is -0.900. The van der Waals surface area contributed by atoms with Crippen LogP contribution in [-0.4, -0.2) is 35.7 Å². The van der Waals surface area contributed by atoms with Gasteiger partial charge in [-0.3, -0.25) is 4.90 Å². The number of nitrogens with zero attached hydrogens (tertiary/aromatic N) is 1. The standard InChI is InChI=1S/C15H26N2O/c1-13(16)15(2,3)12-17(9-10-18)11-14-7-5-4-6-8-14/h4-8,13,18H,9-12,16H2,1-3H3. The van der Waals surface area contributed by atoms with Crippen molar-refractivity contribution in [2.24, 2.45) is 11.1 Å². The average Bonchev–Trinajstić information content (AvgIpc) is 2.30. The first kappa shape index (κ1) is 15.2. The molecule has 0 amide bonds. The minimum atomic E-state index is 0.0456. The fourth-order valence-electron chi connectivity index (χ4n) is 1.92. The van der Waals surface area contributed by atoms with Crippen molar-refractivity contribution in [2.75, 3.05) is 19.7 Å². The molecule has 1 rings (SSSR count). The number of hydrogen-bond donors (Lipinski definition) is 2. The van der Waals surface area contributed by atoms with Crippen LogP contribution in [0.3, 0.4) is 0 Å². The van der Waals surface area contributed by atoms with Crippen LogP contribution in [0.2, 0.25) is 0 Å². The molecular formula is C15H26N2O. The summed E-state index contributed by atoms with van der Waals surface area (Å²) >= 11 is 0. The van der Waals surface area contributed by atoms with E-state index in [0.717, 1.165) is 13.1 Å². The third-order valence-electron chi connectivity index (χ3n) is 3.53. The van der Waals surface area contributed by atoms with Gasteiger partial charge in [-0.25, -0.2) is 0 Å². The largest absolute Gasteiger partial charge is 0.395 e. The molecule has 0 heterocycles. The fraction of sp³-hybridized carbons (Fsp3) is 0.600. The minimum Gasteiger partial charge on any atom is -0.395 e. The van der Waals surface area contributed by atoms with Gasteiger partial charge in [0.15, 0.2) is 0 Å². The van der Waals surface area contributed by atoms with Crippen molar-refractivity contribution >= 4 is 0 Å². The Bertz CT molecular complexity index is 336. The number of rotatable bonds is 7. The van der Waals surface area contributed by atoms with Gasteiger partial charge in [0.1, 0.15) is 0 Å². The summed E-state index contributed by atoms with van der Waals surface area (Å²) in [5.41, 5.74) is 7.33. The molecule has 1 aromatic rings. The molecule has 0 saturated heterocycles. The highest BCUT2D eigenvalue weighted by Crippen LogP contribution is 2.21. The summed E-state index contributed by atoms with van der Waals surface area (Å²) in [5.74, 6) is 0. The molecule has 0 spiro atoms. The summed E-state index contributed by atoms with van der Waals surface area (Å²) < 4.78 is 0. The first-order valence-corrected chi connectivity index (χ1v) is 6.58. The number of hydrogen-bond acceptors (Lipinski definition) is 3. The number of benzene rings is 1. The van der Waals surface area contributed by atoms with Crippen molar-refractivity contribution in [3.05, 3.63) is 35.9 Å². The van der Waals surface area contributed by atoms with Gasteiger partial charge in [-0.1, -0.05) is 44.2 Å². The van der Waals surface area contributed by atoms with Crippen molar-refractivity contribution in [1.82, 2.24) is 4.90 Å². The molecule has 102 valence electrons. The van der Waals surface area contributed by atoms with Gasteiger partial charge in [0.25, 0.3) is 0 Å². The zero-order valence-corrected chi connectivity index (χ0v) is 11.8. The van der Waals surface area contributed by atoms with E-state index in [-0.39, 0.29) is 18.1 Å². The van der Waals surface area contributed by atoms with Gasteiger partial charge in [0.2, 0.25) is 0 Å². The topological polar surface area (TPSA) is 49.5 Å². The Labute approximate surface area is 111 Å². The zero-order chi connectivity index (χ0) is 13.6. The van der Waals surface area contributed by atoms with Gasteiger partial charge < -0.3 is 10.8 Å². The predicted octanol–water partition coefficient (Wildman–Crippen LogP) is 1.85. The molecule has 0 aliphatic heterocycles. The Morgan fingerprint density at radius 3 is 2.39 bits per heavy atom. The highest BCUT2D eigenvalue weighted by Gasteiger charge is 2.25. The minimum absolute atomic E-state index is 0.0456. The van der Waals surface area contributed by atoms with Crippen LogP contribution in [0.15, 0.2) is 30.3 Å². The summed E-state index contributed by atoms with van der Waals surface area (Å²) in [6, 6.07) is 10.5. The Morgan fingerprint density at radius 2 is 1.89 bits per heavy atom. The van der Waals surface area contributed by atoms with Gasteiger partial charge in [0, 0.05) is 25.7 Å². The fourth-order valence-corrected chi connectivity index (χ4v) is 1.92. The molecule has 0 bridgehead atoms. The molecule has 3 N–H and O–H groups in total. The zero-order valence-electron chi connectivity index (χ0n) is 11.8. The highest BCUT2D eigenvalue weighted by molar-refractivity contribution is 5.14. The van der Waals surface area contributed by atoms with Crippen LogP contribution < -0.4 is 5.73 Å². The van der Waals surface area contributed by atoms with Gasteiger partial charge in [-0.05, 0) is 17.9 Å². The third-order valence-corrected chi connectivity index (χ3v) is 3.53. The molecule has 0 saturated carbocycles. The highest BCUT2D eigenvalue weighted by atomic mass is 16.3. The van der Waals surface area contributed by atoms with Crippen LogP contribution in [0.25, 0.3) is 0 Å². The second-order valence-electron chi connectivity index (χ2n) is 5.70. The lowest BCUT2D eigenvalue weighted by molar-refractivity contribution is 0.125. The van der Waals surface area contributed by atoms with Crippen LogP contribution in [-0.2, 0) is 6.54 Å². The molecule has 18 heavy (non-hydrogen) atoms. The molecule has 0 radical (unpaired) electrons. The maximum atomic E-state index is 9.18. The predicted molar refractivity (Wildman–Crippen MR) is 76.2 cm³/mol. The van der Waals surface area contributed by atoms with Gasteiger partial charge >= 0.3 is 0 Å². The van der Waals surface area contributed by atoms with Crippen LogP contribution in [0.1, 0.15) is 26.3 Å². The smallest absolute Gasteiger partial charge is 0.0558 e. The lowest BCUT2D eigenvalue weighted by Gasteiger charge is -2.35. The summed E-state index contributed by atoms with van der Waals surface area (Å²) in [4.78, 5) is 2.26. The summed E-state index contributed by atoms with van der Waals surface area (Å²) in [5, 5.41) is 9.18. The molecule has 1 atom stereocenters. The average molecular weight is 250 g/mol. The molecule has 0 fully saturated rings. The second kappa shape index (κ2) is 6.88. The van der Waals surface area contributed by atoms with Gasteiger partial charge in [0.05, 0.1) is 6.61 Å². The monoisotopic (exact) mass is 250 g/mol. The lowest BCUT2D eigenvalue weighted by Crippen LogP contribution is -2.44. The van der Waals surface area contributed by atoms with Crippen molar-refractivity contribution < 1.29 is 5.11 Å². The van der Waals surface area contributed by atoms with E-state index >= 15 is 0 Å². The van der Waals surface area contributed by atoms with E-state index in [0.29, 0.717) is 6.54 Å². The van der Waals surface area contributed by atoms with Crippen LogP contribution in [0, 0.1) is 5.41 Å².